The molecule has 2 rings (SSSR count). The van der Waals surface area contributed by atoms with Crippen molar-refractivity contribution in [3.8, 4) is 5.75 Å². The van der Waals surface area contributed by atoms with Gasteiger partial charge in [0, 0.05) is 25.2 Å². The quantitative estimate of drug-likeness (QED) is 0.886. The monoisotopic (exact) mass is 284 g/mol. The number of carbonyl (C=O) groups is 1. The number of benzene rings is 2. The second-order valence-corrected chi connectivity index (χ2v) is 4.84. The summed E-state index contributed by atoms with van der Waals surface area (Å²) in [5.41, 5.74) is 8.32. The third-order valence-corrected chi connectivity index (χ3v) is 3.46. The highest BCUT2D eigenvalue weighted by molar-refractivity contribution is 5.94. The van der Waals surface area contributed by atoms with E-state index < -0.39 is 0 Å². The average Bonchev–Trinajstić information content (AvgIpc) is 2.52. The maximum atomic E-state index is 12.5. The first-order valence-electron chi connectivity index (χ1n) is 7.00. The molecule has 2 aromatic carbocycles. The summed E-state index contributed by atoms with van der Waals surface area (Å²) in [5, 5.41) is 9.50. The van der Waals surface area contributed by atoms with Crippen molar-refractivity contribution < 1.29 is 9.90 Å². The summed E-state index contributed by atoms with van der Waals surface area (Å²) in [5.74, 6) is -0.000476. The van der Waals surface area contributed by atoms with E-state index in [1.54, 1.807) is 23.1 Å². The SMILES string of the molecule is CCN(Cc1ccccc1CN)C(=O)c1cccc(O)c1. The Labute approximate surface area is 124 Å². The van der Waals surface area contributed by atoms with Crippen LogP contribution in [0.5, 0.6) is 5.75 Å². The van der Waals surface area contributed by atoms with Crippen LogP contribution in [0.2, 0.25) is 0 Å². The largest absolute Gasteiger partial charge is 0.508 e. The molecule has 0 atom stereocenters. The Morgan fingerprint density at radius 1 is 1.14 bits per heavy atom. The van der Waals surface area contributed by atoms with Gasteiger partial charge in [-0.3, -0.25) is 4.79 Å². The fourth-order valence-corrected chi connectivity index (χ4v) is 2.27. The van der Waals surface area contributed by atoms with Crippen LogP contribution >= 0.6 is 0 Å². The van der Waals surface area contributed by atoms with Gasteiger partial charge in [-0.15, -0.1) is 0 Å². The molecule has 0 bridgehead atoms. The zero-order chi connectivity index (χ0) is 15.2. The third-order valence-electron chi connectivity index (χ3n) is 3.46. The van der Waals surface area contributed by atoms with Crippen molar-refractivity contribution in [3.05, 3.63) is 65.2 Å². The van der Waals surface area contributed by atoms with Gasteiger partial charge >= 0.3 is 0 Å². The van der Waals surface area contributed by atoms with Crippen LogP contribution in [0.25, 0.3) is 0 Å². The minimum atomic E-state index is -0.0970. The van der Waals surface area contributed by atoms with Crippen LogP contribution in [0.15, 0.2) is 48.5 Å². The second-order valence-electron chi connectivity index (χ2n) is 4.84. The van der Waals surface area contributed by atoms with Crippen molar-refractivity contribution >= 4 is 5.91 Å². The molecule has 0 aromatic heterocycles. The fraction of sp³-hybridized carbons (Fsp3) is 0.235. The van der Waals surface area contributed by atoms with Crippen molar-refractivity contribution in [2.45, 2.75) is 20.0 Å². The van der Waals surface area contributed by atoms with Crippen molar-refractivity contribution in [2.75, 3.05) is 6.54 Å². The predicted octanol–water partition coefficient (Wildman–Crippen LogP) is 2.51. The van der Waals surface area contributed by atoms with E-state index in [0.717, 1.165) is 11.1 Å². The number of nitrogens with two attached hydrogens (primary N) is 1. The van der Waals surface area contributed by atoms with Crippen molar-refractivity contribution in [1.29, 1.82) is 0 Å². The number of phenolic OH excluding ortho intramolecular Hbond substituents is 1. The number of aromatic hydroxyl groups is 1. The molecule has 4 nitrogen and oxygen atoms in total. The Balaban J connectivity index is 2.22. The highest BCUT2D eigenvalue weighted by Crippen LogP contribution is 2.16. The zero-order valence-electron chi connectivity index (χ0n) is 12.1. The first kappa shape index (κ1) is 15.1. The normalized spacial score (nSPS) is 10.4. The zero-order valence-corrected chi connectivity index (χ0v) is 12.1. The highest BCUT2D eigenvalue weighted by Gasteiger charge is 2.16. The predicted molar refractivity (Wildman–Crippen MR) is 82.9 cm³/mol. The van der Waals surface area contributed by atoms with Crippen LogP contribution in [-0.2, 0) is 13.1 Å². The number of phenols is 1. The van der Waals surface area contributed by atoms with Gasteiger partial charge in [-0.25, -0.2) is 0 Å². The molecule has 110 valence electrons. The van der Waals surface area contributed by atoms with Gasteiger partial charge in [0.1, 0.15) is 5.75 Å². The van der Waals surface area contributed by atoms with Gasteiger partial charge < -0.3 is 15.7 Å². The Morgan fingerprint density at radius 3 is 2.48 bits per heavy atom. The molecule has 0 aliphatic carbocycles. The van der Waals surface area contributed by atoms with Crippen LogP contribution in [0, 0.1) is 0 Å². The molecule has 1 amide bonds. The average molecular weight is 284 g/mol. The smallest absolute Gasteiger partial charge is 0.254 e. The van der Waals surface area contributed by atoms with Gasteiger partial charge in [-0.1, -0.05) is 30.3 Å². The van der Waals surface area contributed by atoms with Crippen LogP contribution < -0.4 is 5.73 Å². The summed E-state index contributed by atoms with van der Waals surface area (Å²) < 4.78 is 0. The van der Waals surface area contributed by atoms with Gasteiger partial charge in [-0.2, -0.15) is 0 Å². The first-order chi connectivity index (χ1) is 10.2. The highest BCUT2D eigenvalue weighted by atomic mass is 16.3. The van der Waals surface area contributed by atoms with E-state index in [-0.39, 0.29) is 11.7 Å². The van der Waals surface area contributed by atoms with E-state index in [4.69, 9.17) is 5.73 Å². The molecule has 0 radical (unpaired) electrons. The van der Waals surface area contributed by atoms with Crippen molar-refractivity contribution in [2.24, 2.45) is 5.73 Å². The number of rotatable bonds is 5. The van der Waals surface area contributed by atoms with E-state index >= 15 is 0 Å². The molecule has 21 heavy (non-hydrogen) atoms. The molecule has 0 saturated carbocycles. The molecular weight excluding hydrogens is 264 g/mol. The molecule has 0 aliphatic heterocycles. The minimum absolute atomic E-state index is 0.0965. The Kier molecular flexibility index (Phi) is 4.95. The maximum Gasteiger partial charge on any atom is 0.254 e. The topological polar surface area (TPSA) is 66.6 Å². The molecule has 0 heterocycles. The summed E-state index contributed by atoms with van der Waals surface area (Å²) in [6, 6.07) is 14.3. The summed E-state index contributed by atoms with van der Waals surface area (Å²) in [6.45, 7) is 3.49. The summed E-state index contributed by atoms with van der Waals surface area (Å²) in [7, 11) is 0. The third kappa shape index (κ3) is 3.61. The Bertz CT molecular complexity index is 626. The lowest BCUT2D eigenvalue weighted by Gasteiger charge is -2.22. The molecule has 0 fully saturated rings. The number of carbonyl (C=O) groups excluding carboxylic acids is 1. The van der Waals surface area contributed by atoms with Crippen LogP contribution in [0.3, 0.4) is 0 Å². The number of hydrogen-bond acceptors (Lipinski definition) is 3. The second kappa shape index (κ2) is 6.90. The minimum Gasteiger partial charge on any atom is -0.508 e. The number of amides is 1. The molecule has 2 aromatic rings. The molecule has 0 unspecified atom stereocenters. The standard InChI is InChI=1S/C17H20N2O2/c1-2-19(12-15-7-4-3-6-14(15)11-18)17(21)13-8-5-9-16(20)10-13/h3-10,20H,2,11-12,18H2,1H3. The number of hydrogen-bond donors (Lipinski definition) is 2. The van der Waals surface area contributed by atoms with Crippen LogP contribution in [-0.4, -0.2) is 22.5 Å². The summed E-state index contributed by atoms with van der Waals surface area (Å²) in [4.78, 5) is 14.3. The lowest BCUT2D eigenvalue weighted by molar-refractivity contribution is 0.0752. The van der Waals surface area contributed by atoms with E-state index in [2.05, 4.69) is 0 Å². The van der Waals surface area contributed by atoms with E-state index in [1.165, 1.54) is 6.07 Å². The number of nitrogens with zero attached hydrogens (tertiary/aromatic N) is 1. The van der Waals surface area contributed by atoms with Gasteiger partial charge in [0.05, 0.1) is 0 Å². The van der Waals surface area contributed by atoms with Gasteiger partial charge in [0.2, 0.25) is 0 Å². The molecular formula is C17H20N2O2. The lowest BCUT2D eigenvalue weighted by Crippen LogP contribution is -2.30. The molecule has 3 N–H and O–H groups in total. The Morgan fingerprint density at radius 2 is 1.86 bits per heavy atom. The maximum absolute atomic E-state index is 12.5. The van der Waals surface area contributed by atoms with Crippen LogP contribution in [0.1, 0.15) is 28.4 Å². The lowest BCUT2D eigenvalue weighted by atomic mass is 10.1. The molecule has 0 spiro atoms. The first-order valence-corrected chi connectivity index (χ1v) is 7.00. The van der Waals surface area contributed by atoms with E-state index in [1.807, 2.05) is 31.2 Å². The molecule has 0 aliphatic rings. The van der Waals surface area contributed by atoms with Crippen LogP contribution in [0.4, 0.5) is 0 Å². The summed E-state index contributed by atoms with van der Waals surface area (Å²) >= 11 is 0. The van der Waals surface area contributed by atoms with Gasteiger partial charge in [0.15, 0.2) is 0 Å². The van der Waals surface area contributed by atoms with E-state index in [0.29, 0.717) is 25.2 Å². The Hall–Kier alpha value is -2.33. The van der Waals surface area contributed by atoms with Crippen molar-refractivity contribution in [3.63, 3.8) is 0 Å². The molecule has 4 heteroatoms. The van der Waals surface area contributed by atoms with Gasteiger partial charge in [0.25, 0.3) is 5.91 Å². The summed E-state index contributed by atoms with van der Waals surface area (Å²) in [6.07, 6.45) is 0. The van der Waals surface area contributed by atoms with Gasteiger partial charge in [-0.05, 0) is 36.2 Å². The van der Waals surface area contributed by atoms with E-state index in [9.17, 15) is 9.90 Å². The molecule has 0 saturated heterocycles. The fourth-order valence-electron chi connectivity index (χ4n) is 2.27. The van der Waals surface area contributed by atoms with Crippen molar-refractivity contribution in [1.82, 2.24) is 4.90 Å².